The first-order valence-corrected chi connectivity index (χ1v) is 9.01. The monoisotopic (exact) mass is 384 g/mol. The van der Waals surface area contributed by atoms with Gasteiger partial charge in [-0.3, -0.25) is 4.40 Å². The highest BCUT2D eigenvalue weighted by atomic mass is 35.7. The van der Waals surface area contributed by atoms with Gasteiger partial charge >= 0.3 is 0 Å². The molecule has 0 aromatic carbocycles. The fourth-order valence-corrected chi connectivity index (χ4v) is 3.51. The number of pyridine rings is 1. The summed E-state index contributed by atoms with van der Waals surface area (Å²) in [5, 5.41) is 6.78. The topological polar surface area (TPSA) is 77.2 Å². The zero-order valence-corrected chi connectivity index (χ0v) is 13.4. The van der Waals surface area contributed by atoms with Crippen LogP contribution >= 0.6 is 33.6 Å². The van der Waals surface area contributed by atoms with Crippen LogP contribution in [0.4, 0.5) is 8.78 Å². The van der Waals surface area contributed by atoms with Crippen LogP contribution in [0.2, 0.25) is 5.02 Å². The van der Waals surface area contributed by atoms with Crippen LogP contribution in [0.1, 0.15) is 11.4 Å². The van der Waals surface area contributed by atoms with Crippen LogP contribution in [-0.2, 0) is 9.05 Å². The van der Waals surface area contributed by atoms with E-state index in [0.717, 1.165) is 6.07 Å². The van der Waals surface area contributed by atoms with Gasteiger partial charge < -0.3 is 0 Å². The zero-order chi connectivity index (χ0) is 16.1. The van der Waals surface area contributed by atoms with E-state index >= 15 is 0 Å². The van der Waals surface area contributed by atoms with Crippen molar-refractivity contribution in [3.63, 3.8) is 0 Å². The summed E-state index contributed by atoms with van der Waals surface area (Å²) in [6.07, 6.45) is -0.218. The van der Waals surface area contributed by atoms with Crippen molar-refractivity contribution in [2.45, 2.75) is 11.3 Å². The van der Waals surface area contributed by atoms with Crippen molar-refractivity contribution in [2.24, 2.45) is 0 Å². The Morgan fingerprint density at radius 3 is 2.64 bits per heavy atom. The highest BCUT2D eigenvalue weighted by molar-refractivity contribution is 8.13. The van der Waals surface area contributed by atoms with Gasteiger partial charge in [0, 0.05) is 16.9 Å². The Morgan fingerprint density at radius 2 is 2.05 bits per heavy atom. The molecule has 6 nitrogen and oxygen atoms in total. The highest BCUT2D eigenvalue weighted by Crippen LogP contribution is 2.32. The number of hydrogen-bond acceptors (Lipinski definition) is 6. The molecule has 0 N–H and O–H groups in total. The van der Waals surface area contributed by atoms with Crippen molar-refractivity contribution in [3.8, 4) is 10.7 Å². The van der Waals surface area contributed by atoms with E-state index in [4.69, 9.17) is 22.3 Å². The minimum Gasteiger partial charge on any atom is -0.295 e. The summed E-state index contributed by atoms with van der Waals surface area (Å²) in [4.78, 5) is 3.77. The molecule has 3 aromatic rings. The molecule has 0 radical (unpaired) electrons. The van der Waals surface area contributed by atoms with E-state index in [9.17, 15) is 17.2 Å². The van der Waals surface area contributed by atoms with Gasteiger partial charge in [0.2, 0.25) is 0 Å². The summed E-state index contributed by atoms with van der Waals surface area (Å²) in [7, 11) is 1.28. The maximum atomic E-state index is 12.6. The lowest BCUT2D eigenvalue weighted by molar-refractivity contribution is 0.150. The van der Waals surface area contributed by atoms with Gasteiger partial charge in [0.05, 0.1) is 11.2 Å². The van der Waals surface area contributed by atoms with Gasteiger partial charge in [0.15, 0.2) is 15.7 Å². The summed E-state index contributed by atoms with van der Waals surface area (Å²) in [5.74, 6) is 0. The number of rotatable bonds is 3. The molecule has 0 aliphatic heterocycles. The van der Waals surface area contributed by atoms with Gasteiger partial charge in [-0.15, -0.1) is 10.2 Å². The molecular weight excluding hydrogens is 381 g/mol. The average Bonchev–Trinajstić information content (AvgIpc) is 3.03. The van der Waals surface area contributed by atoms with E-state index < -0.39 is 20.5 Å². The lowest BCUT2D eigenvalue weighted by atomic mass is 10.4. The Labute approximate surface area is 135 Å². The molecule has 0 spiro atoms. The number of alkyl halides is 2. The first-order chi connectivity index (χ1) is 10.3. The molecule has 3 rings (SSSR count). The number of nitrogens with zero attached hydrogens (tertiary/aromatic N) is 4. The number of aromatic nitrogens is 4. The lowest BCUT2D eigenvalue weighted by Gasteiger charge is -2.03. The Bertz CT molecular complexity index is 971. The molecule has 0 atom stereocenters. The number of halogens is 4. The van der Waals surface area contributed by atoms with Crippen molar-refractivity contribution in [2.75, 3.05) is 0 Å². The smallest absolute Gasteiger partial charge is 0.291 e. The van der Waals surface area contributed by atoms with E-state index in [0.29, 0.717) is 11.3 Å². The maximum absolute atomic E-state index is 12.6. The van der Waals surface area contributed by atoms with Crippen molar-refractivity contribution in [1.82, 2.24) is 19.6 Å². The molecule has 22 heavy (non-hydrogen) atoms. The number of fused-ring (bicyclic) bond motifs is 1. The van der Waals surface area contributed by atoms with Crippen molar-refractivity contribution >= 4 is 48.3 Å². The zero-order valence-electron chi connectivity index (χ0n) is 10.2. The summed E-state index contributed by atoms with van der Waals surface area (Å²) < 4.78 is 49.4. The summed E-state index contributed by atoms with van der Waals surface area (Å²) in [5.41, 5.74) is 0.526. The second kappa shape index (κ2) is 5.37. The van der Waals surface area contributed by atoms with E-state index in [1.807, 2.05) is 0 Å². The van der Waals surface area contributed by atoms with E-state index in [-0.39, 0.29) is 26.3 Å². The number of imidazole rings is 1. The van der Waals surface area contributed by atoms with Crippen LogP contribution in [0.25, 0.3) is 16.3 Å². The van der Waals surface area contributed by atoms with Crippen molar-refractivity contribution in [1.29, 1.82) is 0 Å². The minimum atomic E-state index is -4.02. The molecule has 0 saturated carbocycles. The standard InChI is InChI=1S/C10H4Cl2F2N4O2S2/c11-5-1-4(22(12,19)20)3-18-6(2-15-8(5)18)9-16-17-10(21-9)7(13)14/h1-3,7H. The molecule has 0 aliphatic rings. The quantitative estimate of drug-likeness (QED) is 0.646. The molecule has 0 saturated heterocycles. The third-order valence-electron chi connectivity index (χ3n) is 2.66. The molecule has 0 amide bonds. The fourth-order valence-electron chi connectivity index (χ4n) is 1.74. The Balaban J connectivity index is 2.24. The number of hydrogen-bond donors (Lipinski definition) is 0. The van der Waals surface area contributed by atoms with Gasteiger partial charge in [-0.2, -0.15) is 0 Å². The summed E-state index contributed by atoms with van der Waals surface area (Å²) >= 11 is 6.64. The van der Waals surface area contributed by atoms with Crippen LogP contribution in [0.5, 0.6) is 0 Å². The first kappa shape index (κ1) is 15.5. The fraction of sp³-hybridized carbons (Fsp3) is 0.100. The van der Waals surface area contributed by atoms with Crippen LogP contribution in [0, 0.1) is 0 Å². The lowest BCUT2D eigenvalue weighted by Crippen LogP contribution is -1.96. The van der Waals surface area contributed by atoms with Gasteiger partial charge in [-0.25, -0.2) is 22.2 Å². The van der Waals surface area contributed by atoms with Crippen LogP contribution < -0.4 is 0 Å². The van der Waals surface area contributed by atoms with E-state index in [1.54, 1.807) is 0 Å². The van der Waals surface area contributed by atoms with Crippen molar-refractivity contribution in [3.05, 3.63) is 28.5 Å². The minimum absolute atomic E-state index is 0.0478. The molecule has 12 heteroatoms. The first-order valence-electron chi connectivity index (χ1n) is 5.50. The maximum Gasteiger partial charge on any atom is 0.291 e. The third kappa shape index (κ3) is 2.67. The molecule has 0 fully saturated rings. The molecule has 3 heterocycles. The van der Waals surface area contributed by atoms with Gasteiger partial charge in [-0.1, -0.05) is 22.9 Å². The van der Waals surface area contributed by atoms with Gasteiger partial charge in [0.25, 0.3) is 15.5 Å². The van der Waals surface area contributed by atoms with Crippen LogP contribution in [-0.4, -0.2) is 28.0 Å². The Kier molecular flexibility index (Phi) is 3.79. The average molecular weight is 385 g/mol. The summed E-state index contributed by atoms with van der Waals surface area (Å²) in [6, 6.07) is 1.15. The molecule has 0 bridgehead atoms. The summed E-state index contributed by atoms with van der Waals surface area (Å²) in [6.45, 7) is 0. The molecule has 116 valence electrons. The van der Waals surface area contributed by atoms with Crippen LogP contribution in [0.15, 0.2) is 23.4 Å². The predicted molar refractivity (Wildman–Crippen MR) is 77.1 cm³/mol. The third-order valence-corrected chi connectivity index (χ3v) is 5.22. The Hall–Kier alpha value is -1.36. The van der Waals surface area contributed by atoms with Gasteiger partial charge in [0.1, 0.15) is 10.6 Å². The highest BCUT2D eigenvalue weighted by Gasteiger charge is 2.20. The van der Waals surface area contributed by atoms with E-state index in [1.165, 1.54) is 16.8 Å². The second-order valence-corrected chi connectivity index (χ2v) is 8.03. The van der Waals surface area contributed by atoms with Crippen LogP contribution in [0.3, 0.4) is 0 Å². The SMILES string of the molecule is O=S(=O)(Cl)c1cc(Cl)c2ncc(-c3nnc(C(F)F)s3)n2c1. The Morgan fingerprint density at radius 1 is 1.32 bits per heavy atom. The largest absolute Gasteiger partial charge is 0.295 e. The second-order valence-electron chi connectivity index (χ2n) is 4.04. The normalized spacial score (nSPS) is 12.4. The van der Waals surface area contributed by atoms with Gasteiger partial charge in [-0.05, 0) is 6.07 Å². The molecule has 0 aliphatic carbocycles. The predicted octanol–water partition coefficient (Wildman–Crippen LogP) is 3.37. The van der Waals surface area contributed by atoms with Crippen molar-refractivity contribution < 1.29 is 17.2 Å². The molecular formula is C10H4Cl2F2N4O2S2. The van der Waals surface area contributed by atoms with E-state index in [2.05, 4.69) is 15.2 Å². The molecule has 0 unspecified atom stereocenters. The molecule has 3 aromatic heterocycles.